The number of methoxy groups -OCH3 is 1. The molecule has 1 aliphatic rings. The lowest BCUT2D eigenvalue weighted by molar-refractivity contribution is -0.0619. The summed E-state index contributed by atoms with van der Waals surface area (Å²) in [6, 6.07) is 7.72. The number of ether oxygens (including phenoxy) is 3. The molecule has 1 fully saturated rings. The van der Waals surface area contributed by atoms with E-state index in [0.717, 1.165) is 17.7 Å². The highest BCUT2D eigenvalue weighted by Gasteiger charge is 2.28. The molecule has 0 aromatic heterocycles. The van der Waals surface area contributed by atoms with Gasteiger partial charge in [0.25, 0.3) is 0 Å². The van der Waals surface area contributed by atoms with Crippen molar-refractivity contribution in [1.82, 2.24) is 0 Å². The maximum atomic E-state index is 5.75. The highest BCUT2D eigenvalue weighted by Crippen LogP contribution is 2.33. The Bertz CT molecular complexity index is 343. The van der Waals surface area contributed by atoms with Gasteiger partial charge < -0.3 is 19.9 Å². The molecule has 0 aliphatic carbocycles. The summed E-state index contributed by atoms with van der Waals surface area (Å²) in [4.78, 5) is 0. The van der Waals surface area contributed by atoms with Gasteiger partial charge >= 0.3 is 0 Å². The molecule has 1 aromatic rings. The zero-order valence-corrected chi connectivity index (χ0v) is 9.39. The minimum atomic E-state index is -0.326. The first-order valence-electron chi connectivity index (χ1n) is 5.45. The molecule has 88 valence electrons. The first-order chi connectivity index (χ1) is 7.85. The molecule has 16 heavy (non-hydrogen) atoms. The smallest absolute Gasteiger partial charge is 0.187 e. The molecule has 1 heterocycles. The molecule has 0 bridgehead atoms. The van der Waals surface area contributed by atoms with Crippen molar-refractivity contribution in [2.75, 3.05) is 20.3 Å². The minimum absolute atomic E-state index is 0.0971. The Morgan fingerprint density at radius 1 is 1.44 bits per heavy atom. The van der Waals surface area contributed by atoms with Crippen molar-refractivity contribution in [3.8, 4) is 5.75 Å². The van der Waals surface area contributed by atoms with Crippen LogP contribution in [0.1, 0.15) is 18.3 Å². The maximum absolute atomic E-state index is 5.75. The topological polar surface area (TPSA) is 53.7 Å². The number of rotatable bonds is 4. The third kappa shape index (κ3) is 2.35. The molecule has 1 aromatic carbocycles. The third-order valence-electron chi connectivity index (χ3n) is 2.63. The summed E-state index contributed by atoms with van der Waals surface area (Å²) in [6.07, 6.45) is 0.596. The van der Waals surface area contributed by atoms with E-state index in [2.05, 4.69) is 0 Å². The summed E-state index contributed by atoms with van der Waals surface area (Å²) in [6.45, 7) is 1.21. The summed E-state index contributed by atoms with van der Waals surface area (Å²) in [7, 11) is 1.64. The largest absolute Gasteiger partial charge is 0.496 e. The van der Waals surface area contributed by atoms with Crippen LogP contribution >= 0.6 is 0 Å². The fraction of sp³-hybridized carbons (Fsp3) is 0.500. The second-order valence-electron chi connectivity index (χ2n) is 3.74. The van der Waals surface area contributed by atoms with E-state index in [4.69, 9.17) is 19.9 Å². The average molecular weight is 223 g/mol. The van der Waals surface area contributed by atoms with Crippen molar-refractivity contribution in [2.24, 2.45) is 5.73 Å². The van der Waals surface area contributed by atoms with Crippen molar-refractivity contribution in [3.05, 3.63) is 29.8 Å². The normalized spacial score (nSPS) is 24.6. The SMILES string of the molecule is COc1ccccc1C1OCC(CCN)O1. The van der Waals surface area contributed by atoms with Gasteiger partial charge in [-0.25, -0.2) is 0 Å². The lowest BCUT2D eigenvalue weighted by Crippen LogP contribution is -2.15. The first kappa shape index (κ1) is 11.4. The van der Waals surface area contributed by atoms with Gasteiger partial charge in [0.05, 0.1) is 19.8 Å². The number of nitrogens with two attached hydrogens (primary N) is 1. The van der Waals surface area contributed by atoms with Crippen LogP contribution in [0.5, 0.6) is 5.75 Å². The van der Waals surface area contributed by atoms with Crippen LogP contribution in [-0.4, -0.2) is 26.4 Å². The molecule has 1 saturated heterocycles. The van der Waals surface area contributed by atoms with E-state index in [1.165, 1.54) is 0 Å². The van der Waals surface area contributed by atoms with Gasteiger partial charge in [-0.3, -0.25) is 0 Å². The van der Waals surface area contributed by atoms with E-state index in [0.29, 0.717) is 13.2 Å². The molecule has 2 atom stereocenters. The van der Waals surface area contributed by atoms with Gasteiger partial charge in [0.15, 0.2) is 6.29 Å². The first-order valence-corrected chi connectivity index (χ1v) is 5.45. The van der Waals surface area contributed by atoms with Crippen LogP contribution in [0, 0.1) is 0 Å². The molecule has 0 radical (unpaired) electrons. The maximum Gasteiger partial charge on any atom is 0.187 e. The number of hydrogen-bond acceptors (Lipinski definition) is 4. The second kappa shape index (κ2) is 5.30. The Balaban J connectivity index is 2.08. The predicted octanol–water partition coefficient (Wildman–Crippen LogP) is 1.46. The fourth-order valence-corrected chi connectivity index (χ4v) is 1.81. The molecule has 4 heteroatoms. The molecular formula is C12H17NO3. The van der Waals surface area contributed by atoms with E-state index in [1.54, 1.807) is 7.11 Å². The molecule has 2 N–H and O–H groups in total. The predicted molar refractivity (Wildman–Crippen MR) is 60.2 cm³/mol. The molecular weight excluding hydrogens is 206 g/mol. The lowest BCUT2D eigenvalue weighted by Gasteiger charge is -2.14. The molecule has 0 saturated carbocycles. The summed E-state index contributed by atoms with van der Waals surface area (Å²) in [5.41, 5.74) is 6.42. The molecule has 0 spiro atoms. The van der Waals surface area contributed by atoms with Gasteiger partial charge in [0, 0.05) is 5.56 Å². The van der Waals surface area contributed by atoms with Crippen LogP contribution in [0.3, 0.4) is 0 Å². The summed E-state index contributed by atoms with van der Waals surface area (Å²) in [5.74, 6) is 0.792. The van der Waals surface area contributed by atoms with Crippen LogP contribution < -0.4 is 10.5 Å². The van der Waals surface area contributed by atoms with Crippen molar-refractivity contribution >= 4 is 0 Å². The standard InChI is InChI=1S/C12H17NO3/c1-14-11-5-3-2-4-10(11)12-15-8-9(16-12)6-7-13/h2-5,9,12H,6-8,13H2,1H3. The zero-order valence-electron chi connectivity index (χ0n) is 9.39. The highest BCUT2D eigenvalue weighted by atomic mass is 16.7. The van der Waals surface area contributed by atoms with E-state index < -0.39 is 0 Å². The van der Waals surface area contributed by atoms with Crippen LogP contribution in [0.15, 0.2) is 24.3 Å². The number of para-hydroxylation sites is 1. The van der Waals surface area contributed by atoms with Crippen LogP contribution in [0.25, 0.3) is 0 Å². The van der Waals surface area contributed by atoms with Gasteiger partial charge in [-0.15, -0.1) is 0 Å². The molecule has 1 aliphatic heterocycles. The van der Waals surface area contributed by atoms with E-state index in [-0.39, 0.29) is 12.4 Å². The molecule has 2 rings (SSSR count). The Morgan fingerprint density at radius 2 is 2.25 bits per heavy atom. The summed E-state index contributed by atoms with van der Waals surface area (Å²) >= 11 is 0. The van der Waals surface area contributed by atoms with Gasteiger partial charge in [0.2, 0.25) is 0 Å². The molecule has 2 unspecified atom stereocenters. The summed E-state index contributed by atoms with van der Waals surface area (Å²) in [5, 5.41) is 0. The molecule has 4 nitrogen and oxygen atoms in total. The Morgan fingerprint density at radius 3 is 3.00 bits per heavy atom. The van der Waals surface area contributed by atoms with Gasteiger partial charge in [0.1, 0.15) is 5.75 Å². The van der Waals surface area contributed by atoms with E-state index >= 15 is 0 Å². The van der Waals surface area contributed by atoms with E-state index in [9.17, 15) is 0 Å². The van der Waals surface area contributed by atoms with Gasteiger partial charge in [-0.2, -0.15) is 0 Å². The van der Waals surface area contributed by atoms with Gasteiger partial charge in [-0.1, -0.05) is 18.2 Å². The third-order valence-corrected chi connectivity index (χ3v) is 2.63. The van der Waals surface area contributed by atoms with Crippen LogP contribution in [0.2, 0.25) is 0 Å². The van der Waals surface area contributed by atoms with Gasteiger partial charge in [-0.05, 0) is 19.0 Å². The van der Waals surface area contributed by atoms with Crippen LogP contribution in [0.4, 0.5) is 0 Å². The Labute approximate surface area is 95.3 Å². The van der Waals surface area contributed by atoms with E-state index in [1.807, 2.05) is 24.3 Å². The van der Waals surface area contributed by atoms with Crippen molar-refractivity contribution in [1.29, 1.82) is 0 Å². The Hall–Kier alpha value is -1.10. The second-order valence-corrected chi connectivity index (χ2v) is 3.74. The van der Waals surface area contributed by atoms with Crippen molar-refractivity contribution in [3.63, 3.8) is 0 Å². The number of hydrogen-bond donors (Lipinski definition) is 1. The van der Waals surface area contributed by atoms with Crippen molar-refractivity contribution in [2.45, 2.75) is 18.8 Å². The Kier molecular flexibility index (Phi) is 3.77. The van der Waals surface area contributed by atoms with Crippen molar-refractivity contribution < 1.29 is 14.2 Å². The lowest BCUT2D eigenvalue weighted by atomic mass is 10.2. The highest BCUT2D eigenvalue weighted by molar-refractivity contribution is 5.34. The quantitative estimate of drug-likeness (QED) is 0.839. The zero-order chi connectivity index (χ0) is 11.4. The summed E-state index contributed by atoms with van der Waals surface area (Å²) < 4.78 is 16.6. The number of benzene rings is 1. The average Bonchev–Trinajstić information content (AvgIpc) is 2.78. The fourth-order valence-electron chi connectivity index (χ4n) is 1.81. The minimum Gasteiger partial charge on any atom is -0.496 e. The van der Waals surface area contributed by atoms with Crippen LogP contribution in [-0.2, 0) is 9.47 Å². The molecule has 0 amide bonds. The monoisotopic (exact) mass is 223 g/mol.